The normalized spacial score (nSPS) is 11.1. The summed E-state index contributed by atoms with van der Waals surface area (Å²) < 4.78 is 16.0. The van der Waals surface area contributed by atoms with E-state index in [4.69, 9.17) is 14.2 Å². The van der Waals surface area contributed by atoms with Crippen LogP contribution in [0.25, 0.3) is 6.08 Å². The molecule has 0 aromatic heterocycles. The fourth-order valence-electron chi connectivity index (χ4n) is 3.16. The standard InChI is InChI=1S/C27H27N3O6/c1-4-36-25-14-18(10-12-23(25)31)17-28-30-27(33)22(29-26(32)19-8-6-5-7-9-19)16-20-15-21(34-2)11-13-24(20)35-3/h5-17,31H,4H2,1-3H3,(H,29,32)(H,30,33). The van der Waals surface area contributed by atoms with Gasteiger partial charge in [0.15, 0.2) is 11.5 Å². The van der Waals surface area contributed by atoms with Gasteiger partial charge in [-0.25, -0.2) is 5.43 Å². The molecule has 0 aliphatic heterocycles. The second kappa shape index (κ2) is 12.6. The van der Waals surface area contributed by atoms with E-state index in [-0.39, 0.29) is 11.4 Å². The number of phenols is 1. The Bertz CT molecular complexity index is 1270. The first-order chi connectivity index (χ1) is 17.4. The minimum Gasteiger partial charge on any atom is -0.504 e. The van der Waals surface area contributed by atoms with Crippen LogP contribution in [-0.4, -0.2) is 44.0 Å². The second-order valence-electron chi connectivity index (χ2n) is 7.35. The van der Waals surface area contributed by atoms with Crippen molar-refractivity contribution in [2.75, 3.05) is 20.8 Å². The molecular weight excluding hydrogens is 462 g/mol. The van der Waals surface area contributed by atoms with Gasteiger partial charge in [0.2, 0.25) is 0 Å². The van der Waals surface area contributed by atoms with E-state index >= 15 is 0 Å². The van der Waals surface area contributed by atoms with Gasteiger partial charge in [0, 0.05) is 11.1 Å². The molecule has 0 bridgehead atoms. The number of amides is 2. The van der Waals surface area contributed by atoms with Crippen LogP contribution in [-0.2, 0) is 4.79 Å². The van der Waals surface area contributed by atoms with Crippen LogP contribution in [0, 0.1) is 0 Å². The summed E-state index contributed by atoms with van der Waals surface area (Å²) in [6.07, 6.45) is 2.86. The van der Waals surface area contributed by atoms with E-state index in [9.17, 15) is 14.7 Å². The molecule has 0 spiro atoms. The topological polar surface area (TPSA) is 118 Å². The Labute approximate surface area is 209 Å². The number of ether oxygens (including phenoxy) is 3. The van der Waals surface area contributed by atoms with Crippen LogP contribution in [0.4, 0.5) is 0 Å². The van der Waals surface area contributed by atoms with Crippen molar-refractivity contribution < 1.29 is 28.9 Å². The molecule has 0 heterocycles. The Hall–Kier alpha value is -4.79. The molecule has 186 valence electrons. The number of hydrazone groups is 1. The van der Waals surface area contributed by atoms with Gasteiger partial charge < -0.3 is 24.6 Å². The molecule has 0 aliphatic rings. The Kier molecular flexibility index (Phi) is 9.05. The molecule has 3 rings (SSSR count). The summed E-state index contributed by atoms with van der Waals surface area (Å²) in [4.78, 5) is 25.8. The summed E-state index contributed by atoms with van der Waals surface area (Å²) in [7, 11) is 3.02. The third-order valence-corrected chi connectivity index (χ3v) is 4.93. The van der Waals surface area contributed by atoms with E-state index in [0.29, 0.717) is 40.5 Å². The van der Waals surface area contributed by atoms with Crippen LogP contribution in [0.3, 0.4) is 0 Å². The first kappa shape index (κ1) is 25.8. The number of methoxy groups -OCH3 is 2. The zero-order valence-electron chi connectivity index (χ0n) is 20.1. The van der Waals surface area contributed by atoms with Crippen LogP contribution in [0.15, 0.2) is 77.5 Å². The van der Waals surface area contributed by atoms with E-state index in [1.54, 1.807) is 67.6 Å². The molecule has 3 aromatic carbocycles. The highest BCUT2D eigenvalue weighted by atomic mass is 16.5. The number of nitrogens with zero attached hydrogens (tertiary/aromatic N) is 1. The molecule has 3 aromatic rings. The molecule has 0 aliphatic carbocycles. The van der Waals surface area contributed by atoms with Gasteiger partial charge in [-0.05, 0) is 67.1 Å². The number of carbonyl (C=O) groups excluding carboxylic acids is 2. The molecule has 9 nitrogen and oxygen atoms in total. The second-order valence-corrected chi connectivity index (χ2v) is 7.35. The average molecular weight is 490 g/mol. The number of hydrogen-bond donors (Lipinski definition) is 3. The van der Waals surface area contributed by atoms with Crippen LogP contribution < -0.4 is 25.0 Å². The van der Waals surface area contributed by atoms with E-state index in [0.717, 1.165) is 0 Å². The van der Waals surface area contributed by atoms with Gasteiger partial charge in [0.05, 0.1) is 27.0 Å². The van der Waals surface area contributed by atoms with Crippen molar-refractivity contribution in [1.82, 2.24) is 10.7 Å². The largest absolute Gasteiger partial charge is 0.504 e. The van der Waals surface area contributed by atoms with Gasteiger partial charge in [-0.2, -0.15) is 5.10 Å². The highest BCUT2D eigenvalue weighted by Gasteiger charge is 2.16. The van der Waals surface area contributed by atoms with E-state index < -0.39 is 11.8 Å². The lowest BCUT2D eigenvalue weighted by Gasteiger charge is -2.12. The van der Waals surface area contributed by atoms with Crippen molar-refractivity contribution in [3.05, 3.63) is 89.1 Å². The molecule has 0 unspecified atom stereocenters. The zero-order chi connectivity index (χ0) is 25.9. The lowest BCUT2D eigenvalue weighted by Crippen LogP contribution is -2.32. The van der Waals surface area contributed by atoms with Crippen LogP contribution >= 0.6 is 0 Å². The maximum absolute atomic E-state index is 13.0. The molecule has 0 fully saturated rings. The number of aromatic hydroxyl groups is 1. The summed E-state index contributed by atoms with van der Waals surface area (Å²) >= 11 is 0. The third-order valence-electron chi connectivity index (χ3n) is 4.93. The third kappa shape index (κ3) is 6.86. The minimum absolute atomic E-state index is 0.000818. The summed E-state index contributed by atoms with van der Waals surface area (Å²) in [6.45, 7) is 2.18. The molecular formula is C27H27N3O6. The van der Waals surface area contributed by atoms with Gasteiger partial charge in [0.25, 0.3) is 11.8 Å². The number of hydrogen-bond acceptors (Lipinski definition) is 7. The number of phenolic OH excluding ortho intramolecular Hbond substituents is 1. The molecule has 36 heavy (non-hydrogen) atoms. The predicted molar refractivity (Wildman–Crippen MR) is 136 cm³/mol. The van der Waals surface area contributed by atoms with E-state index in [2.05, 4.69) is 15.8 Å². The summed E-state index contributed by atoms with van der Waals surface area (Å²) in [6, 6.07) is 18.3. The van der Waals surface area contributed by atoms with Gasteiger partial charge in [0.1, 0.15) is 17.2 Å². The monoisotopic (exact) mass is 489 g/mol. The smallest absolute Gasteiger partial charge is 0.287 e. The van der Waals surface area contributed by atoms with Crippen molar-refractivity contribution in [3.8, 4) is 23.0 Å². The SMILES string of the molecule is CCOc1cc(C=NNC(=O)C(=Cc2cc(OC)ccc2OC)NC(=O)c2ccccc2)ccc1O. The molecule has 0 saturated carbocycles. The summed E-state index contributed by atoms with van der Waals surface area (Å²) in [5.74, 6) is 0.192. The van der Waals surface area contributed by atoms with E-state index in [1.165, 1.54) is 32.6 Å². The Morgan fingerprint density at radius 3 is 2.44 bits per heavy atom. The predicted octanol–water partition coefficient (Wildman–Crippen LogP) is 3.73. The fourth-order valence-corrected chi connectivity index (χ4v) is 3.16. The van der Waals surface area contributed by atoms with Crippen molar-refractivity contribution in [2.24, 2.45) is 5.10 Å². The first-order valence-electron chi connectivity index (χ1n) is 11.0. The molecule has 0 radical (unpaired) electrons. The number of rotatable bonds is 10. The lowest BCUT2D eigenvalue weighted by atomic mass is 10.1. The molecule has 2 amide bonds. The number of carbonyl (C=O) groups is 2. The fraction of sp³-hybridized carbons (Fsp3) is 0.148. The maximum Gasteiger partial charge on any atom is 0.287 e. The van der Waals surface area contributed by atoms with Gasteiger partial charge in [-0.3, -0.25) is 9.59 Å². The molecule has 0 saturated heterocycles. The highest BCUT2D eigenvalue weighted by molar-refractivity contribution is 6.05. The minimum atomic E-state index is -0.663. The Morgan fingerprint density at radius 2 is 1.75 bits per heavy atom. The van der Waals surface area contributed by atoms with Crippen molar-refractivity contribution in [3.63, 3.8) is 0 Å². The Balaban J connectivity index is 1.88. The number of benzene rings is 3. The van der Waals surface area contributed by atoms with Crippen LogP contribution in [0.5, 0.6) is 23.0 Å². The maximum atomic E-state index is 13.0. The van der Waals surface area contributed by atoms with Crippen molar-refractivity contribution in [1.29, 1.82) is 0 Å². The van der Waals surface area contributed by atoms with Gasteiger partial charge in [-0.15, -0.1) is 0 Å². The van der Waals surface area contributed by atoms with Gasteiger partial charge in [-0.1, -0.05) is 18.2 Å². The average Bonchev–Trinajstić information content (AvgIpc) is 2.90. The molecule has 0 atom stereocenters. The molecule has 9 heteroatoms. The Morgan fingerprint density at radius 1 is 0.972 bits per heavy atom. The van der Waals surface area contributed by atoms with E-state index in [1.807, 2.05) is 0 Å². The molecule has 3 N–H and O–H groups in total. The summed E-state index contributed by atoms with van der Waals surface area (Å²) in [5, 5.41) is 16.5. The van der Waals surface area contributed by atoms with Crippen molar-refractivity contribution in [2.45, 2.75) is 6.92 Å². The number of nitrogens with one attached hydrogen (secondary N) is 2. The van der Waals surface area contributed by atoms with Crippen LogP contribution in [0.2, 0.25) is 0 Å². The van der Waals surface area contributed by atoms with Crippen molar-refractivity contribution >= 4 is 24.1 Å². The van der Waals surface area contributed by atoms with Crippen LogP contribution in [0.1, 0.15) is 28.4 Å². The first-order valence-corrected chi connectivity index (χ1v) is 11.0. The van der Waals surface area contributed by atoms with Gasteiger partial charge >= 0.3 is 0 Å². The lowest BCUT2D eigenvalue weighted by molar-refractivity contribution is -0.117. The quantitative estimate of drug-likeness (QED) is 0.227. The zero-order valence-corrected chi connectivity index (χ0v) is 20.1. The summed E-state index contributed by atoms with van der Waals surface area (Å²) in [5.41, 5.74) is 3.83. The highest BCUT2D eigenvalue weighted by Crippen LogP contribution is 2.27.